The SMILES string of the molecule is CN1CCN(S(=O)(=O)c2ccc(Br)s2)C[C@@H]1c1ncc[nH]1. The van der Waals surface area contributed by atoms with Gasteiger partial charge in [0, 0.05) is 32.0 Å². The molecule has 0 amide bonds. The first-order valence-electron chi connectivity index (χ1n) is 6.43. The second-order valence-electron chi connectivity index (χ2n) is 4.89. The summed E-state index contributed by atoms with van der Waals surface area (Å²) in [7, 11) is -1.45. The molecule has 0 spiro atoms. The molecule has 1 N–H and O–H groups in total. The molecular formula is C12H15BrN4O2S2. The van der Waals surface area contributed by atoms with Crippen LogP contribution < -0.4 is 0 Å². The summed E-state index contributed by atoms with van der Waals surface area (Å²) in [5, 5.41) is 0. The zero-order valence-electron chi connectivity index (χ0n) is 11.4. The second-order valence-corrected chi connectivity index (χ2v) is 9.52. The molecule has 2 aromatic rings. The highest BCUT2D eigenvalue weighted by molar-refractivity contribution is 9.11. The van der Waals surface area contributed by atoms with Gasteiger partial charge < -0.3 is 4.98 Å². The van der Waals surface area contributed by atoms with Crippen molar-refractivity contribution in [3.63, 3.8) is 0 Å². The van der Waals surface area contributed by atoms with Gasteiger partial charge in [-0.25, -0.2) is 13.4 Å². The summed E-state index contributed by atoms with van der Waals surface area (Å²) in [6, 6.07) is 3.36. The molecule has 9 heteroatoms. The first-order chi connectivity index (χ1) is 9.98. The molecule has 0 radical (unpaired) electrons. The van der Waals surface area contributed by atoms with Crippen LogP contribution in [-0.4, -0.2) is 54.3 Å². The Morgan fingerprint density at radius 1 is 1.43 bits per heavy atom. The largest absolute Gasteiger partial charge is 0.347 e. The van der Waals surface area contributed by atoms with Gasteiger partial charge in [-0.05, 0) is 35.1 Å². The van der Waals surface area contributed by atoms with Crippen LogP contribution in [0.3, 0.4) is 0 Å². The van der Waals surface area contributed by atoms with Crippen molar-refractivity contribution in [2.24, 2.45) is 0 Å². The minimum absolute atomic E-state index is 0.0491. The van der Waals surface area contributed by atoms with Crippen molar-refractivity contribution in [1.82, 2.24) is 19.2 Å². The molecule has 0 bridgehead atoms. The number of nitrogens with one attached hydrogen (secondary N) is 1. The molecule has 0 saturated carbocycles. The molecule has 6 nitrogen and oxygen atoms in total. The number of hydrogen-bond acceptors (Lipinski definition) is 5. The van der Waals surface area contributed by atoms with E-state index < -0.39 is 10.0 Å². The quantitative estimate of drug-likeness (QED) is 0.868. The smallest absolute Gasteiger partial charge is 0.252 e. The number of nitrogens with zero attached hydrogens (tertiary/aromatic N) is 3. The third kappa shape index (κ3) is 2.93. The second kappa shape index (κ2) is 5.81. The molecule has 1 saturated heterocycles. The number of rotatable bonds is 3. The number of halogens is 1. The highest BCUT2D eigenvalue weighted by Crippen LogP contribution is 2.31. The molecular weight excluding hydrogens is 376 g/mol. The average molecular weight is 391 g/mol. The van der Waals surface area contributed by atoms with E-state index in [4.69, 9.17) is 0 Å². The van der Waals surface area contributed by atoms with Crippen molar-refractivity contribution in [2.45, 2.75) is 10.3 Å². The summed E-state index contributed by atoms with van der Waals surface area (Å²) in [6.07, 6.45) is 3.44. The lowest BCUT2D eigenvalue weighted by Crippen LogP contribution is -2.49. The Balaban J connectivity index is 1.86. The standard InChI is InChI=1S/C12H15BrN4O2S2/c1-16-6-7-17(8-9(16)12-14-4-5-15-12)21(18,19)11-3-2-10(13)20-11/h2-5,9H,6-8H2,1H3,(H,14,15)/t9-/m1/s1. The van der Waals surface area contributed by atoms with Crippen molar-refractivity contribution < 1.29 is 8.42 Å². The van der Waals surface area contributed by atoms with Crippen LogP contribution >= 0.6 is 27.3 Å². The zero-order valence-corrected chi connectivity index (χ0v) is 14.6. The summed E-state index contributed by atoms with van der Waals surface area (Å²) in [6.45, 7) is 1.57. The molecule has 3 rings (SSSR count). The number of aromatic amines is 1. The lowest BCUT2D eigenvalue weighted by atomic mass is 10.2. The minimum Gasteiger partial charge on any atom is -0.347 e. The van der Waals surface area contributed by atoms with Crippen molar-refractivity contribution in [2.75, 3.05) is 26.7 Å². The lowest BCUT2D eigenvalue weighted by molar-refractivity contribution is 0.143. The molecule has 0 unspecified atom stereocenters. The monoisotopic (exact) mass is 390 g/mol. The maximum atomic E-state index is 12.7. The Morgan fingerprint density at radius 3 is 2.86 bits per heavy atom. The predicted octanol–water partition coefficient (Wildman–Crippen LogP) is 1.91. The first kappa shape index (κ1) is 15.2. The van der Waals surface area contributed by atoms with Gasteiger partial charge in [0.05, 0.1) is 9.83 Å². The van der Waals surface area contributed by atoms with Gasteiger partial charge in [0.1, 0.15) is 10.0 Å². The van der Waals surface area contributed by atoms with Crippen LogP contribution in [0.2, 0.25) is 0 Å². The fourth-order valence-corrected chi connectivity index (χ4v) is 5.99. The van der Waals surface area contributed by atoms with Crippen LogP contribution in [0.15, 0.2) is 32.5 Å². The number of aromatic nitrogens is 2. The zero-order chi connectivity index (χ0) is 15.0. The maximum Gasteiger partial charge on any atom is 0.252 e. The number of sulfonamides is 1. The van der Waals surface area contributed by atoms with Gasteiger partial charge in [-0.2, -0.15) is 4.31 Å². The molecule has 2 aromatic heterocycles. The number of H-pyrrole nitrogens is 1. The molecule has 3 heterocycles. The van der Waals surface area contributed by atoms with Gasteiger partial charge >= 0.3 is 0 Å². The van der Waals surface area contributed by atoms with E-state index in [1.54, 1.807) is 28.8 Å². The average Bonchev–Trinajstić information content (AvgIpc) is 3.10. The van der Waals surface area contributed by atoms with E-state index in [1.807, 2.05) is 7.05 Å². The van der Waals surface area contributed by atoms with Crippen LogP contribution in [0.1, 0.15) is 11.9 Å². The molecule has 0 aromatic carbocycles. The van der Waals surface area contributed by atoms with Gasteiger partial charge in [-0.1, -0.05) is 0 Å². The van der Waals surface area contributed by atoms with Gasteiger partial charge in [0.15, 0.2) is 0 Å². The maximum absolute atomic E-state index is 12.7. The molecule has 1 aliphatic rings. The molecule has 21 heavy (non-hydrogen) atoms. The summed E-state index contributed by atoms with van der Waals surface area (Å²) in [4.78, 5) is 9.45. The van der Waals surface area contributed by atoms with Crippen LogP contribution in [0, 0.1) is 0 Å². The van der Waals surface area contributed by atoms with E-state index in [1.165, 1.54) is 11.3 Å². The molecule has 1 atom stereocenters. The van der Waals surface area contributed by atoms with Gasteiger partial charge in [0.25, 0.3) is 10.0 Å². The van der Waals surface area contributed by atoms with E-state index in [2.05, 4.69) is 30.8 Å². The Bertz CT molecular complexity index is 713. The van der Waals surface area contributed by atoms with Crippen LogP contribution in [-0.2, 0) is 10.0 Å². The molecule has 1 aliphatic heterocycles. The summed E-state index contributed by atoms with van der Waals surface area (Å²) in [5.74, 6) is 0.796. The Kier molecular flexibility index (Phi) is 4.19. The number of likely N-dealkylation sites (N-methyl/N-ethyl adjacent to an activating group) is 1. The highest BCUT2D eigenvalue weighted by Gasteiger charge is 2.35. The van der Waals surface area contributed by atoms with Gasteiger partial charge in [-0.3, -0.25) is 4.90 Å². The normalized spacial score (nSPS) is 21.7. The third-order valence-corrected chi connectivity index (χ3v) is 7.54. The Labute approximate surface area is 136 Å². The number of imidazole rings is 1. The van der Waals surface area contributed by atoms with Crippen molar-refractivity contribution >= 4 is 37.3 Å². The van der Waals surface area contributed by atoms with Crippen LogP contribution in [0.5, 0.6) is 0 Å². The summed E-state index contributed by atoms with van der Waals surface area (Å²) >= 11 is 4.55. The number of thiophene rings is 1. The van der Waals surface area contributed by atoms with E-state index >= 15 is 0 Å². The fourth-order valence-electron chi connectivity index (χ4n) is 2.39. The summed E-state index contributed by atoms with van der Waals surface area (Å²) < 4.78 is 28.1. The van der Waals surface area contributed by atoms with E-state index in [0.717, 1.165) is 9.61 Å². The minimum atomic E-state index is -3.44. The fraction of sp³-hybridized carbons (Fsp3) is 0.417. The molecule has 0 aliphatic carbocycles. The molecule has 114 valence electrons. The van der Waals surface area contributed by atoms with Gasteiger partial charge in [-0.15, -0.1) is 11.3 Å². The van der Waals surface area contributed by atoms with Gasteiger partial charge in [0.2, 0.25) is 0 Å². The van der Waals surface area contributed by atoms with E-state index in [-0.39, 0.29) is 6.04 Å². The highest BCUT2D eigenvalue weighted by atomic mass is 79.9. The first-order valence-corrected chi connectivity index (χ1v) is 9.48. The number of piperazine rings is 1. The third-order valence-electron chi connectivity index (χ3n) is 3.59. The number of hydrogen-bond donors (Lipinski definition) is 1. The van der Waals surface area contributed by atoms with Crippen molar-refractivity contribution in [3.05, 3.63) is 34.1 Å². The van der Waals surface area contributed by atoms with E-state index in [0.29, 0.717) is 23.8 Å². The lowest BCUT2D eigenvalue weighted by Gasteiger charge is -2.37. The van der Waals surface area contributed by atoms with Crippen LogP contribution in [0.4, 0.5) is 0 Å². The molecule has 1 fully saturated rings. The summed E-state index contributed by atoms with van der Waals surface area (Å²) in [5.41, 5.74) is 0. The Hall–Kier alpha value is -0.740. The van der Waals surface area contributed by atoms with Crippen molar-refractivity contribution in [1.29, 1.82) is 0 Å². The predicted molar refractivity (Wildman–Crippen MR) is 84.7 cm³/mol. The Morgan fingerprint density at radius 2 is 2.24 bits per heavy atom. The van der Waals surface area contributed by atoms with Crippen molar-refractivity contribution in [3.8, 4) is 0 Å². The topological polar surface area (TPSA) is 69.3 Å². The van der Waals surface area contributed by atoms with Crippen LogP contribution in [0.25, 0.3) is 0 Å². The van der Waals surface area contributed by atoms with E-state index in [9.17, 15) is 8.42 Å².